The third-order valence-electron chi connectivity index (χ3n) is 3.47. The summed E-state index contributed by atoms with van der Waals surface area (Å²) in [6.45, 7) is 11.4. The second-order valence-electron chi connectivity index (χ2n) is 5.08. The summed E-state index contributed by atoms with van der Waals surface area (Å²) in [6, 6.07) is 4.37. The minimum absolute atomic E-state index is 0.377. The zero-order chi connectivity index (χ0) is 12.7. The van der Waals surface area contributed by atoms with Gasteiger partial charge in [0.2, 0.25) is 0 Å². The molecule has 98 valence electrons. The fraction of sp³-hybridized carbons (Fsp3) is 0.714. The molecule has 1 atom stereocenters. The Hall–Kier alpha value is -0.380. The first-order valence-electron chi connectivity index (χ1n) is 6.53. The summed E-state index contributed by atoms with van der Waals surface area (Å²) in [6.07, 6.45) is 1.22. The highest BCUT2D eigenvalue weighted by Crippen LogP contribution is 2.23. The van der Waals surface area contributed by atoms with E-state index >= 15 is 0 Å². The van der Waals surface area contributed by atoms with Crippen molar-refractivity contribution in [1.29, 1.82) is 0 Å². The molecule has 0 amide bonds. The van der Waals surface area contributed by atoms with Crippen LogP contribution in [0, 0.1) is 5.41 Å². The van der Waals surface area contributed by atoms with E-state index in [2.05, 4.69) is 48.5 Å². The lowest BCUT2D eigenvalue weighted by atomic mass is 9.86. The van der Waals surface area contributed by atoms with E-state index in [4.69, 9.17) is 0 Å². The fourth-order valence-electron chi connectivity index (χ4n) is 2.16. The summed E-state index contributed by atoms with van der Waals surface area (Å²) >= 11 is 1.86. The highest BCUT2D eigenvalue weighted by Gasteiger charge is 2.24. The standard InChI is InChI=1S/C14H26N2S/c1-5-14(3,11-15-4)12-16(6-2)10-13-8-7-9-17-13/h7-9,15H,5-6,10-12H2,1-4H3. The average molecular weight is 254 g/mol. The average Bonchev–Trinajstić information content (AvgIpc) is 2.81. The lowest BCUT2D eigenvalue weighted by Crippen LogP contribution is -2.40. The van der Waals surface area contributed by atoms with Crippen LogP contribution in [0.5, 0.6) is 0 Å². The predicted molar refractivity (Wildman–Crippen MR) is 77.6 cm³/mol. The molecule has 1 rings (SSSR count). The van der Waals surface area contributed by atoms with Gasteiger partial charge in [0.25, 0.3) is 0 Å². The zero-order valence-electron chi connectivity index (χ0n) is 11.6. The summed E-state index contributed by atoms with van der Waals surface area (Å²) < 4.78 is 0. The van der Waals surface area contributed by atoms with Crippen LogP contribution in [-0.2, 0) is 6.54 Å². The minimum atomic E-state index is 0.377. The van der Waals surface area contributed by atoms with Gasteiger partial charge in [0.1, 0.15) is 0 Å². The maximum atomic E-state index is 3.32. The number of hydrogen-bond acceptors (Lipinski definition) is 3. The summed E-state index contributed by atoms with van der Waals surface area (Å²) in [7, 11) is 2.05. The summed E-state index contributed by atoms with van der Waals surface area (Å²) in [5.41, 5.74) is 0.377. The Bertz CT molecular complexity index is 297. The van der Waals surface area contributed by atoms with Crippen molar-refractivity contribution < 1.29 is 0 Å². The van der Waals surface area contributed by atoms with Crippen LogP contribution < -0.4 is 5.32 Å². The van der Waals surface area contributed by atoms with Gasteiger partial charge in [-0.15, -0.1) is 11.3 Å². The van der Waals surface area contributed by atoms with Gasteiger partial charge in [-0.05, 0) is 36.9 Å². The predicted octanol–water partition coefficient (Wildman–Crippen LogP) is 3.21. The molecule has 0 radical (unpaired) electrons. The summed E-state index contributed by atoms with van der Waals surface area (Å²) in [5.74, 6) is 0. The molecule has 1 heterocycles. The molecule has 0 saturated heterocycles. The molecule has 0 aliphatic heterocycles. The van der Waals surface area contributed by atoms with Gasteiger partial charge in [0.15, 0.2) is 0 Å². The smallest absolute Gasteiger partial charge is 0.0328 e. The van der Waals surface area contributed by atoms with Gasteiger partial charge in [0.05, 0.1) is 0 Å². The molecule has 1 unspecified atom stereocenters. The van der Waals surface area contributed by atoms with Crippen LogP contribution in [0.15, 0.2) is 17.5 Å². The van der Waals surface area contributed by atoms with Gasteiger partial charge in [-0.25, -0.2) is 0 Å². The Morgan fingerprint density at radius 1 is 1.41 bits per heavy atom. The number of rotatable bonds is 8. The molecule has 0 bridgehead atoms. The molecule has 0 saturated carbocycles. The first kappa shape index (κ1) is 14.7. The van der Waals surface area contributed by atoms with E-state index in [1.807, 2.05) is 18.4 Å². The van der Waals surface area contributed by atoms with E-state index in [-0.39, 0.29) is 0 Å². The molecule has 1 aromatic rings. The van der Waals surface area contributed by atoms with E-state index in [9.17, 15) is 0 Å². The van der Waals surface area contributed by atoms with Crippen LogP contribution >= 0.6 is 11.3 Å². The molecule has 0 aromatic carbocycles. The quantitative estimate of drug-likeness (QED) is 0.766. The number of nitrogens with one attached hydrogen (secondary N) is 1. The van der Waals surface area contributed by atoms with E-state index in [1.165, 1.54) is 17.8 Å². The number of nitrogens with zero attached hydrogens (tertiary/aromatic N) is 1. The molecular weight excluding hydrogens is 228 g/mol. The fourth-order valence-corrected chi connectivity index (χ4v) is 2.91. The second kappa shape index (κ2) is 7.14. The first-order chi connectivity index (χ1) is 8.13. The lowest BCUT2D eigenvalue weighted by molar-refractivity contribution is 0.158. The van der Waals surface area contributed by atoms with Gasteiger partial charge in [-0.2, -0.15) is 0 Å². The molecule has 3 heteroatoms. The lowest BCUT2D eigenvalue weighted by Gasteiger charge is -2.34. The molecule has 0 aliphatic carbocycles. The minimum Gasteiger partial charge on any atom is -0.319 e. The molecule has 1 N–H and O–H groups in total. The molecule has 0 fully saturated rings. The van der Waals surface area contributed by atoms with Crippen molar-refractivity contribution >= 4 is 11.3 Å². The van der Waals surface area contributed by atoms with Crippen molar-refractivity contribution in [2.75, 3.05) is 26.7 Å². The van der Waals surface area contributed by atoms with Gasteiger partial charge in [-0.3, -0.25) is 4.90 Å². The molecule has 1 aromatic heterocycles. The maximum absolute atomic E-state index is 3.32. The van der Waals surface area contributed by atoms with Gasteiger partial charge in [0, 0.05) is 24.5 Å². The highest BCUT2D eigenvalue weighted by atomic mass is 32.1. The van der Waals surface area contributed by atoms with Crippen molar-refractivity contribution in [3.63, 3.8) is 0 Å². The van der Waals surface area contributed by atoms with Gasteiger partial charge < -0.3 is 5.32 Å². The number of thiophene rings is 1. The Morgan fingerprint density at radius 3 is 2.65 bits per heavy atom. The Labute approximate surface area is 110 Å². The van der Waals surface area contributed by atoms with E-state index in [0.29, 0.717) is 5.41 Å². The molecule has 2 nitrogen and oxygen atoms in total. The number of hydrogen-bond donors (Lipinski definition) is 1. The van der Waals surface area contributed by atoms with Crippen molar-refractivity contribution in [3.05, 3.63) is 22.4 Å². The van der Waals surface area contributed by atoms with Crippen LogP contribution in [0.4, 0.5) is 0 Å². The largest absolute Gasteiger partial charge is 0.319 e. The van der Waals surface area contributed by atoms with Gasteiger partial charge >= 0.3 is 0 Å². The van der Waals surface area contributed by atoms with E-state index in [0.717, 1.165) is 19.6 Å². The summed E-state index contributed by atoms with van der Waals surface area (Å²) in [5, 5.41) is 5.49. The van der Waals surface area contributed by atoms with Crippen molar-refractivity contribution in [1.82, 2.24) is 10.2 Å². The Balaban J connectivity index is 2.55. The third-order valence-corrected chi connectivity index (χ3v) is 4.33. The monoisotopic (exact) mass is 254 g/mol. The molecular formula is C14H26N2S. The Morgan fingerprint density at radius 2 is 2.18 bits per heavy atom. The third kappa shape index (κ3) is 4.78. The van der Waals surface area contributed by atoms with Crippen LogP contribution in [0.25, 0.3) is 0 Å². The normalized spacial score (nSPS) is 15.1. The van der Waals surface area contributed by atoms with E-state index < -0.39 is 0 Å². The van der Waals surface area contributed by atoms with Crippen molar-refractivity contribution in [3.8, 4) is 0 Å². The van der Waals surface area contributed by atoms with Crippen LogP contribution in [0.1, 0.15) is 32.1 Å². The highest BCUT2D eigenvalue weighted by molar-refractivity contribution is 7.09. The van der Waals surface area contributed by atoms with E-state index in [1.54, 1.807) is 0 Å². The maximum Gasteiger partial charge on any atom is 0.0328 e. The Kier molecular flexibility index (Phi) is 6.17. The van der Waals surface area contributed by atoms with Crippen LogP contribution in [0.2, 0.25) is 0 Å². The first-order valence-corrected chi connectivity index (χ1v) is 7.41. The second-order valence-corrected chi connectivity index (χ2v) is 6.11. The molecule has 17 heavy (non-hydrogen) atoms. The SMILES string of the molecule is CCN(Cc1cccs1)CC(C)(CC)CNC. The molecule has 0 aliphatic rings. The van der Waals surface area contributed by atoms with Gasteiger partial charge in [-0.1, -0.05) is 26.8 Å². The summed E-state index contributed by atoms with van der Waals surface area (Å²) in [4.78, 5) is 4.02. The molecule has 0 spiro atoms. The van der Waals surface area contributed by atoms with Crippen molar-refractivity contribution in [2.45, 2.75) is 33.7 Å². The van der Waals surface area contributed by atoms with Crippen molar-refractivity contribution in [2.24, 2.45) is 5.41 Å². The topological polar surface area (TPSA) is 15.3 Å². The van der Waals surface area contributed by atoms with Crippen LogP contribution in [0.3, 0.4) is 0 Å². The van der Waals surface area contributed by atoms with Crippen LogP contribution in [-0.4, -0.2) is 31.6 Å². The zero-order valence-corrected chi connectivity index (χ0v) is 12.4.